The Kier molecular flexibility index (Phi) is 8.30. The van der Waals surface area contributed by atoms with Crippen LogP contribution in [0.2, 0.25) is 0 Å². The van der Waals surface area contributed by atoms with Gasteiger partial charge in [0, 0.05) is 38.6 Å². The van der Waals surface area contributed by atoms with Crippen molar-refractivity contribution >= 4 is 12.4 Å². The third-order valence-corrected chi connectivity index (χ3v) is 3.74. The molecule has 0 spiro atoms. The molecule has 1 aliphatic heterocycles. The Bertz CT molecular complexity index is 528. The zero-order chi connectivity index (χ0) is 17.7. The Morgan fingerprint density at radius 2 is 1.76 bits per heavy atom. The maximum absolute atomic E-state index is 13.0. The van der Waals surface area contributed by atoms with E-state index in [1.165, 1.54) is 12.1 Å². The SMILES string of the molecule is Cl.FC(F)C[C@@H](c1cccc(OC(F)(F)C(F)F)c1)N1CCNCC1. The van der Waals surface area contributed by atoms with Gasteiger partial charge in [-0.2, -0.15) is 17.6 Å². The molecule has 1 aliphatic rings. The van der Waals surface area contributed by atoms with Crippen LogP contribution in [0.15, 0.2) is 24.3 Å². The second-order valence-corrected chi connectivity index (χ2v) is 5.47. The van der Waals surface area contributed by atoms with Crippen LogP contribution in [0.25, 0.3) is 0 Å². The van der Waals surface area contributed by atoms with Gasteiger partial charge in [-0.25, -0.2) is 8.78 Å². The number of hydrogen-bond acceptors (Lipinski definition) is 3. The molecule has 1 N–H and O–H groups in total. The predicted molar refractivity (Wildman–Crippen MR) is 83.1 cm³/mol. The van der Waals surface area contributed by atoms with Crippen LogP contribution >= 0.6 is 12.4 Å². The molecule has 1 fully saturated rings. The Morgan fingerprint density at radius 1 is 1.12 bits per heavy atom. The molecule has 1 atom stereocenters. The predicted octanol–water partition coefficient (Wildman–Crippen LogP) is 3.95. The van der Waals surface area contributed by atoms with Crippen molar-refractivity contribution in [2.24, 2.45) is 0 Å². The van der Waals surface area contributed by atoms with Gasteiger partial charge in [-0.1, -0.05) is 12.1 Å². The van der Waals surface area contributed by atoms with E-state index in [-0.39, 0.29) is 12.4 Å². The summed E-state index contributed by atoms with van der Waals surface area (Å²) in [6, 6.07) is 4.34. The Morgan fingerprint density at radius 3 is 2.32 bits per heavy atom. The summed E-state index contributed by atoms with van der Waals surface area (Å²) in [7, 11) is 0. The van der Waals surface area contributed by atoms with Crippen molar-refractivity contribution in [1.29, 1.82) is 0 Å². The van der Waals surface area contributed by atoms with Gasteiger partial charge in [0.25, 0.3) is 0 Å². The molecule has 0 aliphatic carbocycles. The number of benzene rings is 1. The first-order valence-electron chi connectivity index (χ1n) is 7.47. The van der Waals surface area contributed by atoms with Crippen LogP contribution in [0, 0.1) is 0 Å². The van der Waals surface area contributed by atoms with Crippen LogP contribution in [0.3, 0.4) is 0 Å². The van der Waals surface area contributed by atoms with Gasteiger partial charge in [0.1, 0.15) is 5.75 Å². The third-order valence-electron chi connectivity index (χ3n) is 3.74. The topological polar surface area (TPSA) is 24.5 Å². The van der Waals surface area contributed by atoms with Gasteiger partial charge in [0.2, 0.25) is 6.43 Å². The second-order valence-electron chi connectivity index (χ2n) is 5.47. The van der Waals surface area contributed by atoms with Crippen LogP contribution in [0.4, 0.5) is 26.3 Å². The Balaban J connectivity index is 0.00000312. The molecule has 0 unspecified atom stereocenters. The lowest BCUT2D eigenvalue weighted by atomic mass is 10.0. The summed E-state index contributed by atoms with van der Waals surface area (Å²) in [6.45, 7) is 2.30. The van der Waals surface area contributed by atoms with Crippen molar-refractivity contribution in [3.05, 3.63) is 29.8 Å². The molecule has 0 radical (unpaired) electrons. The first-order valence-corrected chi connectivity index (χ1v) is 7.47. The number of ether oxygens (including phenoxy) is 1. The Hall–Kier alpha value is -1.19. The summed E-state index contributed by atoms with van der Waals surface area (Å²) in [5.74, 6) is -0.479. The smallest absolute Gasteiger partial charge is 0.428 e. The number of hydrogen-bond donors (Lipinski definition) is 1. The van der Waals surface area contributed by atoms with Gasteiger partial charge in [0.15, 0.2) is 0 Å². The molecule has 144 valence electrons. The van der Waals surface area contributed by atoms with E-state index in [9.17, 15) is 26.3 Å². The van der Waals surface area contributed by atoms with E-state index < -0.39 is 37.2 Å². The minimum Gasteiger partial charge on any atom is -0.428 e. The fourth-order valence-electron chi connectivity index (χ4n) is 2.65. The maximum atomic E-state index is 13.0. The van der Waals surface area contributed by atoms with E-state index in [2.05, 4.69) is 10.1 Å². The fourth-order valence-corrected chi connectivity index (χ4v) is 2.65. The van der Waals surface area contributed by atoms with E-state index in [1.54, 1.807) is 0 Å². The van der Waals surface area contributed by atoms with Crippen LogP contribution in [-0.4, -0.2) is 50.0 Å². The molecule has 3 nitrogen and oxygen atoms in total. The summed E-state index contributed by atoms with van der Waals surface area (Å²) in [5, 5.41) is 3.09. The van der Waals surface area contributed by atoms with Gasteiger partial charge in [-0.3, -0.25) is 4.90 Å². The van der Waals surface area contributed by atoms with Gasteiger partial charge in [0.05, 0.1) is 0 Å². The quantitative estimate of drug-likeness (QED) is 0.711. The molecule has 1 aromatic carbocycles. The van der Waals surface area contributed by atoms with E-state index in [0.717, 1.165) is 12.1 Å². The highest BCUT2D eigenvalue weighted by Gasteiger charge is 2.44. The van der Waals surface area contributed by atoms with Gasteiger partial charge in [-0.05, 0) is 17.7 Å². The van der Waals surface area contributed by atoms with E-state index >= 15 is 0 Å². The monoisotopic (exact) mass is 392 g/mol. The molecular weight excluding hydrogens is 374 g/mol. The highest BCUT2D eigenvalue weighted by Crippen LogP contribution is 2.32. The van der Waals surface area contributed by atoms with Crippen LogP contribution in [0.5, 0.6) is 5.75 Å². The normalized spacial score (nSPS) is 17.4. The molecule has 25 heavy (non-hydrogen) atoms. The van der Waals surface area contributed by atoms with Gasteiger partial charge < -0.3 is 10.1 Å². The molecule has 10 heteroatoms. The highest BCUT2D eigenvalue weighted by molar-refractivity contribution is 5.85. The lowest BCUT2D eigenvalue weighted by Crippen LogP contribution is -2.45. The highest BCUT2D eigenvalue weighted by atomic mass is 35.5. The van der Waals surface area contributed by atoms with Crippen LogP contribution < -0.4 is 10.1 Å². The van der Waals surface area contributed by atoms with Crippen LogP contribution in [-0.2, 0) is 0 Å². The van der Waals surface area contributed by atoms with Crippen molar-refractivity contribution in [3.8, 4) is 5.75 Å². The molecule has 1 aromatic rings. The molecule has 0 bridgehead atoms. The van der Waals surface area contributed by atoms with E-state index in [4.69, 9.17) is 0 Å². The minimum absolute atomic E-state index is 0. The minimum atomic E-state index is -4.63. The molecule has 0 amide bonds. The molecule has 1 saturated heterocycles. The first-order chi connectivity index (χ1) is 11.3. The maximum Gasteiger partial charge on any atom is 0.461 e. The largest absolute Gasteiger partial charge is 0.461 e. The average molecular weight is 393 g/mol. The lowest BCUT2D eigenvalue weighted by molar-refractivity contribution is -0.253. The standard InChI is InChI=1S/C15H18F6N2O.ClH/c16-13(17)9-12(23-6-4-22-5-7-23)10-2-1-3-11(8-10)24-15(20,21)14(18)19;/h1-3,8,12-14,22H,4-7,9H2;1H/t12-;/m0./s1. The second kappa shape index (κ2) is 9.49. The zero-order valence-electron chi connectivity index (χ0n) is 13.1. The zero-order valence-corrected chi connectivity index (χ0v) is 13.9. The molecule has 0 aromatic heterocycles. The molecular formula is C15H19ClF6N2O. The van der Waals surface area contributed by atoms with Crippen molar-refractivity contribution in [1.82, 2.24) is 10.2 Å². The fraction of sp³-hybridized carbons (Fsp3) is 0.600. The van der Waals surface area contributed by atoms with Crippen molar-refractivity contribution in [2.45, 2.75) is 31.4 Å². The van der Waals surface area contributed by atoms with E-state index in [0.29, 0.717) is 31.7 Å². The molecule has 2 rings (SSSR count). The van der Waals surface area contributed by atoms with Gasteiger partial charge in [-0.15, -0.1) is 12.4 Å². The third kappa shape index (κ3) is 6.23. The summed E-state index contributed by atoms with van der Waals surface area (Å²) < 4.78 is 80.4. The molecule has 1 heterocycles. The van der Waals surface area contributed by atoms with Crippen molar-refractivity contribution < 1.29 is 31.1 Å². The summed E-state index contributed by atoms with van der Waals surface area (Å²) >= 11 is 0. The summed E-state index contributed by atoms with van der Waals surface area (Å²) in [4.78, 5) is 1.81. The Labute approximate surface area is 147 Å². The number of alkyl halides is 6. The number of rotatable bonds is 7. The lowest BCUT2D eigenvalue weighted by Gasteiger charge is -2.35. The first kappa shape index (κ1) is 21.9. The number of nitrogens with zero attached hydrogens (tertiary/aromatic N) is 1. The molecule has 0 saturated carbocycles. The summed E-state index contributed by atoms with van der Waals surface area (Å²) in [5.41, 5.74) is 0.333. The number of nitrogens with one attached hydrogen (secondary N) is 1. The number of piperazine rings is 1. The average Bonchev–Trinajstić information content (AvgIpc) is 2.53. The van der Waals surface area contributed by atoms with Gasteiger partial charge >= 0.3 is 12.5 Å². The van der Waals surface area contributed by atoms with Crippen LogP contribution in [0.1, 0.15) is 18.0 Å². The summed E-state index contributed by atoms with van der Waals surface area (Å²) in [6.07, 6.45) is -11.7. The van der Waals surface area contributed by atoms with E-state index in [1.807, 2.05) is 4.90 Å². The number of halogens is 7. The van der Waals surface area contributed by atoms with Crippen molar-refractivity contribution in [3.63, 3.8) is 0 Å². The van der Waals surface area contributed by atoms with Crippen molar-refractivity contribution in [2.75, 3.05) is 26.2 Å².